The first kappa shape index (κ1) is 14.6. The molecule has 0 amide bonds. The zero-order valence-electron chi connectivity index (χ0n) is 10.6. The van der Waals surface area contributed by atoms with Gasteiger partial charge in [-0.15, -0.1) is 0 Å². The second kappa shape index (κ2) is 6.11. The van der Waals surface area contributed by atoms with Crippen molar-refractivity contribution in [1.82, 2.24) is 4.98 Å². The zero-order valence-corrected chi connectivity index (χ0v) is 12.2. The van der Waals surface area contributed by atoms with Crippen LogP contribution >= 0.6 is 11.6 Å². The fourth-order valence-electron chi connectivity index (χ4n) is 1.64. The maximum atomic E-state index is 12.0. The number of nitrogens with one attached hydrogen (secondary N) is 1. The molecular weight excluding hydrogens is 298 g/mol. The van der Waals surface area contributed by atoms with Crippen LogP contribution in [0.2, 0.25) is 5.02 Å². The van der Waals surface area contributed by atoms with E-state index in [0.717, 1.165) is 5.56 Å². The normalized spacial score (nSPS) is 11.2. The summed E-state index contributed by atoms with van der Waals surface area (Å²) >= 11 is 5.78. The molecule has 1 aromatic carbocycles. The molecule has 0 unspecified atom stereocenters. The van der Waals surface area contributed by atoms with E-state index in [4.69, 9.17) is 17.3 Å². The molecule has 106 valence electrons. The van der Waals surface area contributed by atoms with Crippen molar-refractivity contribution in [3.8, 4) is 0 Å². The van der Waals surface area contributed by atoms with Crippen molar-refractivity contribution >= 4 is 33.0 Å². The van der Waals surface area contributed by atoms with E-state index in [-0.39, 0.29) is 5.75 Å². The lowest BCUT2D eigenvalue weighted by atomic mass is 10.2. The molecule has 0 aliphatic heterocycles. The summed E-state index contributed by atoms with van der Waals surface area (Å²) in [6.45, 7) is 0. The van der Waals surface area contributed by atoms with E-state index in [1.54, 1.807) is 36.7 Å². The van der Waals surface area contributed by atoms with Gasteiger partial charge < -0.3 is 5.73 Å². The highest BCUT2D eigenvalue weighted by Gasteiger charge is 2.11. The molecule has 0 bridgehead atoms. The van der Waals surface area contributed by atoms with Gasteiger partial charge in [0.15, 0.2) is 0 Å². The lowest BCUT2D eigenvalue weighted by Crippen LogP contribution is -2.18. The number of anilines is 2. The Bertz CT molecular complexity index is 690. The standard InChI is InChI=1S/C13H14ClN3O2S/c14-12-2-1-11(9-13(12)15)17-20(18,19)8-5-10-3-6-16-7-4-10/h1-4,6-7,9,17H,5,8,15H2. The largest absolute Gasteiger partial charge is 0.397 e. The fraction of sp³-hybridized carbons (Fsp3) is 0.154. The molecule has 0 saturated carbocycles. The number of rotatable bonds is 5. The van der Waals surface area contributed by atoms with Crippen LogP contribution in [0.25, 0.3) is 0 Å². The fourth-order valence-corrected chi connectivity index (χ4v) is 2.85. The van der Waals surface area contributed by atoms with Gasteiger partial charge >= 0.3 is 0 Å². The van der Waals surface area contributed by atoms with E-state index in [1.165, 1.54) is 6.07 Å². The van der Waals surface area contributed by atoms with Crippen molar-refractivity contribution in [2.75, 3.05) is 16.2 Å². The topological polar surface area (TPSA) is 85.1 Å². The van der Waals surface area contributed by atoms with Crippen LogP contribution in [0, 0.1) is 0 Å². The van der Waals surface area contributed by atoms with Gasteiger partial charge in [-0.25, -0.2) is 8.42 Å². The molecule has 1 heterocycles. The van der Waals surface area contributed by atoms with Crippen LogP contribution in [-0.2, 0) is 16.4 Å². The molecule has 5 nitrogen and oxygen atoms in total. The first-order valence-electron chi connectivity index (χ1n) is 5.91. The van der Waals surface area contributed by atoms with Crippen molar-refractivity contribution in [1.29, 1.82) is 0 Å². The molecule has 0 radical (unpaired) electrons. The van der Waals surface area contributed by atoms with Crippen LogP contribution < -0.4 is 10.5 Å². The van der Waals surface area contributed by atoms with Crippen molar-refractivity contribution in [3.05, 3.63) is 53.3 Å². The molecule has 1 aromatic heterocycles. The van der Waals surface area contributed by atoms with E-state index in [9.17, 15) is 8.42 Å². The summed E-state index contributed by atoms with van der Waals surface area (Å²) in [5, 5.41) is 0.393. The highest BCUT2D eigenvalue weighted by atomic mass is 35.5. The van der Waals surface area contributed by atoms with Gasteiger partial charge in [0, 0.05) is 12.4 Å². The van der Waals surface area contributed by atoms with Gasteiger partial charge in [0.05, 0.1) is 22.2 Å². The number of benzene rings is 1. The van der Waals surface area contributed by atoms with Gasteiger partial charge in [-0.2, -0.15) is 0 Å². The number of aryl methyl sites for hydroxylation is 1. The summed E-state index contributed by atoms with van der Waals surface area (Å²) in [6, 6.07) is 8.19. The number of nitrogens with zero attached hydrogens (tertiary/aromatic N) is 1. The number of sulfonamides is 1. The maximum absolute atomic E-state index is 12.0. The van der Waals surface area contributed by atoms with Crippen molar-refractivity contribution in [2.24, 2.45) is 0 Å². The number of hydrogen-bond acceptors (Lipinski definition) is 4. The Morgan fingerprint density at radius 1 is 1.20 bits per heavy atom. The Balaban J connectivity index is 2.02. The third kappa shape index (κ3) is 4.11. The average molecular weight is 312 g/mol. The molecule has 0 aliphatic rings. The number of aromatic nitrogens is 1. The molecule has 0 fully saturated rings. The molecule has 3 N–H and O–H groups in total. The minimum atomic E-state index is -3.43. The molecule has 0 aliphatic carbocycles. The van der Waals surface area contributed by atoms with E-state index < -0.39 is 10.0 Å². The van der Waals surface area contributed by atoms with E-state index in [1.807, 2.05) is 0 Å². The quantitative estimate of drug-likeness (QED) is 0.830. The highest BCUT2D eigenvalue weighted by Crippen LogP contribution is 2.23. The average Bonchev–Trinajstić information content (AvgIpc) is 2.42. The van der Waals surface area contributed by atoms with Crippen molar-refractivity contribution in [3.63, 3.8) is 0 Å². The third-order valence-electron chi connectivity index (χ3n) is 2.68. The smallest absolute Gasteiger partial charge is 0.233 e. The van der Waals surface area contributed by atoms with Gasteiger partial charge in [-0.3, -0.25) is 9.71 Å². The summed E-state index contributed by atoms with van der Waals surface area (Å²) in [5.41, 5.74) is 7.29. The lowest BCUT2D eigenvalue weighted by Gasteiger charge is -2.09. The first-order valence-corrected chi connectivity index (χ1v) is 7.94. The molecule has 2 aromatic rings. The molecule has 0 saturated heterocycles. The third-order valence-corrected chi connectivity index (χ3v) is 4.31. The van der Waals surface area contributed by atoms with Crippen molar-refractivity contribution in [2.45, 2.75) is 6.42 Å². The van der Waals surface area contributed by atoms with Crippen LogP contribution in [0.4, 0.5) is 11.4 Å². The molecular formula is C13H14ClN3O2S. The molecule has 7 heteroatoms. The summed E-state index contributed by atoms with van der Waals surface area (Å²) in [7, 11) is -3.43. The second-order valence-corrected chi connectivity index (χ2v) is 6.51. The Morgan fingerprint density at radius 3 is 2.55 bits per heavy atom. The van der Waals surface area contributed by atoms with Crippen molar-refractivity contribution < 1.29 is 8.42 Å². The van der Waals surface area contributed by atoms with Gasteiger partial charge in [0.25, 0.3) is 0 Å². The maximum Gasteiger partial charge on any atom is 0.233 e. The Labute approximate surface area is 122 Å². The minimum absolute atomic E-state index is 0.0143. The lowest BCUT2D eigenvalue weighted by molar-refractivity contribution is 0.600. The van der Waals surface area contributed by atoms with Gasteiger partial charge in [-0.1, -0.05) is 11.6 Å². The predicted molar refractivity (Wildman–Crippen MR) is 81.2 cm³/mol. The van der Waals surface area contributed by atoms with E-state index in [2.05, 4.69) is 9.71 Å². The Hall–Kier alpha value is -1.79. The van der Waals surface area contributed by atoms with E-state index in [0.29, 0.717) is 22.8 Å². The molecule has 2 rings (SSSR count). The number of pyridine rings is 1. The zero-order chi connectivity index (χ0) is 14.6. The van der Waals surface area contributed by atoms with Crippen LogP contribution in [0.1, 0.15) is 5.56 Å². The Morgan fingerprint density at radius 2 is 1.90 bits per heavy atom. The Kier molecular flexibility index (Phi) is 4.46. The van der Waals surface area contributed by atoms with Crippen LogP contribution in [0.15, 0.2) is 42.7 Å². The summed E-state index contributed by atoms with van der Waals surface area (Å²) in [5.74, 6) is -0.0143. The molecule has 0 spiro atoms. The molecule has 0 atom stereocenters. The van der Waals surface area contributed by atoms with Crippen LogP contribution in [0.3, 0.4) is 0 Å². The number of halogens is 1. The number of nitrogens with two attached hydrogens (primary N) is 1. The van der Waals surface area contributed by atoms with Crippen LogP contribution in [-0.4, -0.2) is 19.2 Å². The summed E-state index contributed by atoms with van der Waals surface area (Å²) in [4.78, 5) is 3.88. The predicted octanol–water partition coefficient (Wildman–Crippen LogP) is 2.30. The number of nitrogen functional groups attached to an aromatic ring is 1. The second-order valence-electron chi connectivity index (χ2n) is 4.26. The highest BCUT2D eigenvalue weighted by molar-refractivity contribution is 7.92. The van der Waals surface area contributed by atoms with Gasteiger partial charge in [-0.05, 0) is 42.3 Å². The summed E-state index contributed by atoms with van der Waals surface area (Å²) < 4.78 is 26.4. The van der Waals surface area contributed by atoms with Gasteiger partial charge in [0.2, 0.25) is 10.0 Å². The first-order chi connectivity index (χ1) is 9.46. The van der Waals surface area contributed by atoms with Gasteiger partial charge in [0.1, 0.15) is 0 Å². The molecule has 20 heavy (non-hydrogen) atoms. The van der Waals surface area contributed by atoms with E-state index >= 15 is 0 Å². The van der Waals surface area contributed by atoms with Crippen LogP contribution in [0.5, 0.6) is 0 Å². The SMILES string of the molecule is Nc1cc(NS(=O)(=O)CCc2ccncc2)ccc1Cl. The summed E-state index contributed by atoms with van der Waals surface area (Å²) in [6.07, 6.45) is 3.69. The monoisotopic (exact) mass is 311 g/mol. The number of hydrogen-bond donors (Lipinski definition) is 2. The minimum Gasteiger partial charge on any atom is -0.397 e.